The van der Waals surface area contributed by atoms with Crippen LogP contribution in [0.3, 0.4) is 0 Å². The van der Waals surface area contributed by atoms with Crippen molar-refractivity contribution < 1.29 is 14.3 Å². The molecule has 2 aromatic carbocycles. The maximum Gasteiger partial charge on any atom is 0.294 e. The summed E-state index contributed by atoms with van der Waals surface area (Å²) >= 11 is 0. The molecule has 0 aliphatic heterocycles. The Hall–Kier alpha value is -3.65. The van der Waals surface area contributed by atoms with Gasteiger partial charge >= 0.3 is 0 Å². The first kappa shape index (κ1) is 20.1. The van der Waals surface area contributed by atoms with Crippen molar-refractivity contribution in [1.82, 2.24) is 15.1 Å². The first-order chi connectivity index (χ1) is 14.1. The molecule has 2 N–H and O–H groups in total. The van der Waals surface area contributed by atoms with E-state index in [1.165, 1.54) is 10.9 Å². The quantitative estimate of drug-likeness (QED) is 0.571. The molecule has 0 radical (unpaired) electrons. The lowest BCUT2D eigenvalue weighted by molar-refractivity contribution is 0.0937. The molecule has 150 valence electrons. The second kappa shape index (κ2) is 9.52. The summed E-state index contributed by atoms with van der Waals surface area (Å²) < 4.78 is 12.0. The van der Waals surface area contributed by atoms with Crippen LogP contribution in [0.25, 0.3) is 0 Å². The minimum atomic E-state index is -0.353. The van der Waals surface area contributed by atoms with E-state index >= 15 is 0 Å². The van der Waals surface area contributed by atoms with Crippen LogP contribution in [0.15, 0.2) is 65.6 Å². The molecule has 0 fully saturated rings. The van der Waals surface area contributed by atoms with Gasteiger partial charge in [-0.25, -0.2) is 4.68 Å². The summed E-state index contributed by atoms with van der Waals surface area (Å²) in [5.41, 5.74) is 0.907. The van der Waals surface area contributed by atoms with Gasteiger partial charge in [0.1, 0.15) is 5.75 Å². The summed E-state index contributed by atoms with van der Waals surface area (Å²) in [6.07, 6.45) is 1.47. The van der Waals surface area contributed by atoms with Crippen LogP contribution in [0.1, 0.15) is 10.4 Å². The molecule has 0 unspecified atom stereocenters. The number of ether oxygens (including phenoxy) is 2. The van der Waals surface area contributed by atoms with Crippen molar-refractivity contribution in [1.29, 1.82) is 0 Å². The smallest absolute Gasteiger partial charge is 0.294 e. The van der Waals surface area contributed by atoms with Gasteiger partial charge in [0.25, 0.3) is 11.5 Å². The fraction of sp³-hybridized carbons (Fsp3) is 0.190. The van der Waals surface area contributed by atoms with E-state index in [0.717, 1.165) is 0 Å². The van der Waals surface area contributed by atoms with Crippen LogP contribution in [0.2, 0.25) is 0 Å². The van der Waals surface area contributed by atoms with Gasteiger partial charge in [-0.3, -0.25) is 9.59 Å². The number of benzene rings is 2. The van der Waals surface area contributed by atoms with Gasteiger partial charge in [-0.1, -0.05) is 24.3 Å². The van der Waals surface area contributed by atoms with Gasteiger partial charge < -0.3 is 20.1 Å². The molecule has 0 aliphatic rings. The standard InChI is InChI=1S/C21H22N4O4/c1-25-21(27)19(18(14-23-25)29-17-9-4-3-5-10-17)24-16-8-6-7-15(13-16)20(26)22-11-12-28-2/h3-10,13-14,24H,11-12H2,1-2H3,(H,22,26). The Bertz CT molecular complexity index is 1030. The molecule has 1 aromatic heterocycles. The van der Waals surface area contributed by atoms with Crippen LogP contribution < -0.4 is 20.9 Å². The van der Waals surface area contributed by atoms with Gasteiger partial charge in [0.2, 0.25) is 0 Å². The van der Waals surface area contributed by atoms with Crippen LogP contribution in [-0.2, 0) is 11.8 Å². The number of nitrogens with zero attached hydrogens (tertiary/aromatic N) is 2. The number of carbonyl (C=O) groups is 1. The number of nitrogens with one attached hydrogen (secondary N) is 2. The highest BCUT2D eigenvalue weighted by atomic mass is 16.5. The van der Waals surface area contributed by atoms with E-state index < -0.39 is 0 Å². The molecular weight excluding hydrogens is 372 g/mol. The number of aryl methyl sites for hydroxylation is 1. The summed E-state index contributed by atoms with van der Waals surface area (Å²) in [6, 6.07) is 16.0. The lowest BCUT2D eigenvalue weighted by Gasteiger charge is -2.13. The van der Waals surface area contributed by atoms with Crippen LogP contribution >= 0.6 is 0 Å². The highest BCUT2D eigenvalue weighted by Crippen LogP contribution is 2.28. The van der Waals surface area contributed by atoms with Crippen molar-refractivity contribution >= 4 is 17.3 Å². The van der Waals surface area contributed by atoms with Gasteiger partial charge in [-0.15, -0.1) is 0 Å². The summed E-state index contributed by atoms with van der Waals surface area (Å²) in [7, 11) is 3.13. The fourth-order valence-electron chi connectivity index (χ4n) is 2.58. The number of hydrogen-bond acceptors (Lipinski definition) is 6. The van der Waals surface area contributed by atoms with Crippen molar-refractivity contribution in [2.45, 2.75) is 0 Å². The summed E-state index contributed by atoms with van der Waals surface area (Å²) in [5, 5.41) is 9.85. The second-order valence-electron chi connectivity index (χ2n) is 6.18. The first-order valence-electron chi connectivity index (χ1n) is 9.02. The van der Waals surface area contributed by atoms with Crippen molar-refractivity contribution in [2.24, 2.45) is 7.05 Å². The van der Waals surface area contributed by atoms with Gasteiger partial charge in [0, 0.05) is 32.0 Å². The molecule has 1 amide bonds. The SMILES string of the molecule is COCCNC(=O)c1cccc(Nc2c(Oc3ccccc3)cnn(C)c2=O)c1. The summed E-state index contributed by atoms with van der Waals surface area (Å²) in [6.45, 7) is 0.837. The predicted octanol–water partition coefficient (Wildman–Crippen LogP) is 2.69. The van der Waals surface area contributed by atoms with Gasteiger partial charge in [-0.05, 0) is 30.3 Å². The normalized spacial score (nSPS) is 10.4. The van der Waals surface area contributed by atoms with Crippen LogP contribution in [0.4, 0.5) is 11.4 Å². The lowest BCUT2D eigenvalue weighted by Crippen LogP contribution is -2.27. The zero-order valence-corrected chi connectivity index (χ0v) is 16.2. The Morgan fingerprint density at radius 1 is 1.14 bits per heavy atom. The molecule has 8 heteroatoms. The number of para-hydroxylation sites is 1. The summed E-state index contributed by atoms with van der Waals surface area (Å²) in [4.78, 5) is 24.9. The molecule has 1 heterocycles. The van der Waals surface area contributed by atoms with E-state index in [1.807, 2.05) is 18.2 Å². The number of hydrogen-bond donors (Lipinski definition) is 2. The third-order valence-corrected chi connectivity index (χ3v) is 4.06. The number of rotatable bonds is 8. The Kier molecular flexibility index (Phi) is 6.59. The third kappa shape index (κ3) is 5.20. The Morgan fingerprint density at radius 3 is 2.69 bits per heavy atom. The van der Waals surface area contributed by atoms with Gasteiger partial charge in [-0.2, -0.15) is 5.10 Å². The highest BCUT2D eigenvalue weighted by molar-refractivity contribution is 5.95. The maximum atomic E-state index is 12.6. The Morgan fingerprint density at radius 2 is 1.93 bits per heavy atom. The largest absolute Gasteiger partial charge is 0.453 e. The zero-order chi connectivity index (χ0) is 20.6. The van der Waals surface area contributed by atoms with Crippen molar-refractivity contribution in [3.8, 4) is 11.5 Å². The third-order valence-electron chi connectivity index (χ3n) is 4.06. The van der Waals surface area contributed by atoms with Crippen molar-refractivity contribution in [2.75, 3.05) is 25.6 Å². The van der Waals surface area contributed by atoms with E-state index in [4.69, 9.17) is 9.47 Å². The number of aromatic nitrogens is 2. The number of amides is 1. The predicted molar refractivity (Wildman–Crippen MR) is 110 cm³/mol. The average molecular weight is 394 g/mol. The topological polar surface area (TPSA) is 94.5 Å². The van der Waals surface area contributed by atoms with E-state index in [9.17, 15) is 9.59 Å². The Labute approximate surface area is 168 Å². The van der Waals surface area contributed by atoms with Crippen molar-refractivity contribution in [3.05, 3.63) is 76.7 Å². The number of carbonyl (C=O) groups excluding carboxylic acids is 1. The minimum absolute atomic E-state index is 0.225. The molecular formula is C21H22N4O4. The lowest BCUT2D eigenvalue weighted by atomic mass is 10.2. The first-order valence-corrected chi connectivity index (χ1v) is 9.02. The van der Waals surface area contributed by atoms with Crippen LogP contribution in [0.5, 0.6) is 11.5 Å². The molecule has 8 nitrogen and oxygen atoms in total. The highest BCUT2D eigenvalue weighted by Gasteiger charge is 2.14. The monoisotopic (exact) mass is 394 g/mol. The molecule has 0 spiro atoms. The summed E-state index contributed by atoms with van der Waals surface area (Å²) in [5.74, 6) is 0.639. The minimum Gasteiger partial charge on any atom is -0.453 e. The van der Waals surface area contributed by atoms with E-state index in [0.29, 0.717) is 30.2 Å². The average Bonchev–Trinajstić information content (AvgIpc) is 2.74. The maximum absolute atomic E-state index is 12.6. The molecule has 0 bridgehead atoms. The van der Waals surface area contributed by atoms with Crippen molar-refractivity contribution in [3.63, 3.8) is 0 Å². The number of methoxy groups -OCH3 is 1. The molecule has 0 aliphatic carbocycles. The van der Waals surface area contributed by atoms with E-state index in [1.54, 1.807) is 50.6 Å². The molecule has 0 atom stereocenters. The van der Waals surface area contributed by atoms with Crippen LogP contribution in [-0.4, -0.2) is 35.9 Å². The van der Waals surface area contributed by atoms with Gasteiger partial charge in [0.15, 0.2) is 11.4 Å². The molecule has 29 heavy (non-hydrogen) atoms. The number of anilines is 2. The fourth-order valence-corrected chi connectivity index (χ4v) is 2.58. The van der Waals surface area contributed by atoms with Gasteiger partial charge in [0.05, 0.1) is 12.8 Å². The molecule has 3 rings (SSSR count). The van der Waals surface area contributed by atoms with E-state index in [-0.39, 0.29) is 22.9 Å². The van der Waals surface area contributed by atoms with Crippen LogP contribution in [0, 0.1) is 0 Å². The molecule has 3 aromatic rings. The molecule has 0 saturated carbocycles. The van der Waals surface area contributed by atoms with E-state index in [2.05, 4.69) is 15.7 Å². The molecule has 0 saturated heterocycles. The zero-order valence-electron chi connectivity index (χ0n) is 16.2. The second-order valence-corrected chi connectivity index (χ2v) is 6.18. The Balaban J connectivity index is 1.86.